The van der Waals surface area contributed by atoms with Crippen LogP contribution in [0.4, 0.5) is 5.82 Å². The zero-order valence-corrected chi connectivity index (χ0v) is 15.8. The summed E-state index contributed by atoms with van der Waals surface area (Å²) in [6.07, 6.45) is 0.384. The number of rotatable bonds is 3. The molecule has 0 spiro atoms. The highest BCUT2D eigenvalue weighted by molar-refractivity contribution is 9.10. The molecule has 1 aromatic carbocycles. The lowest BCUT2D eigenvalue weighted by molar-refractivity contribution is -0.116. The molecule has 0 aliphatic carbocycles. The number of carbonyl (C=O) groups is 1. The van der Waals surface area contributed by atoms with Crippen molar-refractivity contribution >= 4 is 27.7 Å². The van der Waals surface area contributed by atoms with Crippen molar-refractivity contribution in [3.05, 3.63) is 57.7 Å². The Balaban J connectivity index is 1.82. The fourth-order valence-electron chi connectivity index (χ4n) is 3.23. The molecule has 8 heteroatoms. The van der Waals surface area contributed by atoms with E-state index in [0.717, 1.165) is 21.3 Å². The van der Waals surface area contributed by atoms with Gasteiger partial charge in [0.2, 0.25) is 11.8 Å². The third-order valence-electron chi connectivity index (χ3n) is 4.43. The van der Waals surface area contributed by atoms with Gasteiger partial charge in [-0.05, 0) is 30.7 Å². The number of nitrogens with one attached hydrogen (secondary N) is 1. The molecule has 3 heterocycles. The minimum absolute atomic E-state index is 0.0481. The van der Waals surface area contributed by atoms with E-state index in [9.17, 15) is 4.79 Å². The molecule has 1 aliphatic heterocycles. The van der Waals surface area contributed by atoms with Crippen LogP contribution in [0.25, 0.3) is 5.82 Å². The third-order valence-corrected chi connectivity index (χ3v) is 4.96. The second-order valence-electron chi connectivity index (χ2n) is 6.05. The van der Waals surface area contributed by atoms with Gasteiger partial charge in [-0.15, -0.1) is 10.2 Å². The van der Waals surface area contributed by atoms with Gasteiger partial charge in [-0.25, -0.2) is 0 Å². The van der Waals surface area contributed by atoms with Gasteiger partial charge in [-0.1, -0.05) is 28.1 Å². The van der Waals surface area contributed by atoms with Gasteiger partial charge < -0.3 is 10.1 Å². The molecule has 3 aromatic rings. The maximum atomic E-state index is 12.4. The third kappa shape index (κ3) is 2.86. The number of anilines is 1. The van der Waals surface area contributed by atoms with Crippen LogP contribution < -0.4 is 10.1 Å². The minimum atomic E-state index is -0.0493. The van der Waals surface area contributed by atoms with Crippen LogP contribution >= 0.6 is 15.9 Å². The first-order chi connectivity index (χ1) is 12.6. The van der Waals surface area contributed by atoms with E-state index in [1.165, 1.54) is 7.11 Å². The number of amides is 1. The largest absolute Gasteiger partial charge is 0.480 e. The van der Waals surface area contributed by atoms with Crippen LogP contribution in [0, 0.1) is 6.92 Å². The van der Waals surface area contributed by atoms with Crippen LogP contribution in [-0.4, -0.2) is 33.0 Å². The van der Waals surface area contributed by atoms with E-state index < -0.39 is 0 Å². The maximum Gasteiger partial charge on any atom is 0.233 e. The van der Waals surface area contributed by atoms with Crippen molar-refractivity contribution in [1.29, 1.82) is 0 Å². The van der Waals surface area contributed by atoms with Crippen molar-refractivity contribution in [1.82, 2.24) is 20.0 Å². The summed E-state index contributed by atoms with van der Waals surface area (Å²) >= 11 is 3.45. The van der Waals surface area contributed by atoms with E-state index in [1.807, 2.05) is 31.2 Å². The van der Waals surface area contributed by atoms with Crippen LogP contribution in [0.5, 0.6) is 5.88 Å². The number of ether oxygens (including phenoxy) is 1. The number of carbonyl (C=O) groups excluding carboxylic acids is 1. The quantitative estimate of drug-likeness (QED) is 0.712. The van der Waals surface area contributed by atoms with Crippen molar-refractivity contribution in [3.8, 4) is 11.7 Å². The number of nitrogens with zero attached hydrogens (tertiary/aromatic N) is 4. The number of methoxy groups -OCH3 is 1. The van der Waals surface area contributed by atoms with E-state index >= 15 is 0 Å². The summed E-state index contributed by atoms with van der Waals surface area (Å²) in [4.78, 5) is 12.4. The van der Waals surface area contributed by atoms with E-state index in [-0.39, 0.29) is 11.8 Å². The Morgan fingerprint density at radius 1 is 1.19 bits per heavy atom. The summed E-state index contributed by atoms with van der Waals surface area (Å²) < 4.78 is 7.68. The van der Waals surface area contributed by atoms with Crippen molar-refractivity contribution < 1.29 is 9.53 Å². The smallest absolute Gasteiger partial charge is 0.233 e. The van der Waals surface area contributed by atoms with Crippen LogP contribution in [-0.2, 0) is 4.79 Å². The fraction of sp³-hybridized carbons (Fsp3) is 0.222. The Kier molecular flexibility index (Phi) is 4.20. The van der Waals surface area contributed by atoms with Crippen LogP contribution in [0.3, 0.4) is 0 Å². The van der Waals surface area contributed by atoms with Gasteiger partial charge >= 0.3 is 0 Å². The predicted molar refractivity (Wildman–Crippen MR) is 99.7 cm³/mol. The van der Waals surface area contributed by atoms with Gasteiger partial charge in [0.1, 0.15) is 5.82 Å². The first-order valence-electron chi connectivity index (χ1n) is 8.09. The molecule has 1 N–H and O–H groups in total. The minimum Gasteiger partial charge on any atom is -0.480 e. The van der Waals surface area contributed by atoms with Crippen molar-refractivity contribution in [2.24, 2.45) is 0 Å². The lowest BCUT2D eigenvalue weighted by atomic mass is 9.86. The topological polar surface area (TPSA) is 81.9 Å². The first-order valence-corrected chi connectivity index (χ1v) is 8.89. The number of aryl methyl sites for hydroxylation is 1. The highest BCUT2D eigenvalue weighted by Gasteiger charge is 2.32. The normalized spacial score (nSPS) is 16.1. The summed E-state index contributed by atoms with van der Waals surface area (Å²) in [5.74, 6) is 1.49. The zero-order valence-electron chi connectivity index (χ0n) is 14.2. The molecule has 0 saturated heterocycles. The van der Waals surface area contributed by atoms with Gasteiger partial charge in [-0.3, -0.25) is 4.79 Å². The van der Waals surface area contributed by atoms with E-state index in [2.05, 4.69) is 36.5 Å². The van der Waals surface area contributed by atoms with Crippen molar-refractivity contribution in [2.75, 3.05) is 12.4 Å². The van der Waals surface area contributed by atoms with Gasteiger partial charge in [0.25, 0.3) is 0 Å². The monoisotopic (exact) mass is 413 g/mol. The zero-order chi connectivity index (χ0) is 18.3. The van der Waals surface area contributed by atoms with E-state index in [0.29, 0.717) is 23.9 Å². The Labute approximate surface area is 158 Å². The first kappa shape index (κ1) is 16.7. The number of benzene rings is 1. The molecule has 1 atom stereocenters. The molecule has 1 aliphatic rings. The standard InChI is InChI=1S/C18H16BrN5O2/c1-10-17-13(11-3-5-12(19)6-4-11)9-15(25)20-18(17)24(23-10)14-7-8-16(26-2)22-21-14/h3-8,13H,9H2,1-2H3,(H,20,25)/t13-/m1/s1. The number of fused-ring (bicyclic) bond motifs is 1. The maximum absolute atomic E-state index is 12.4. The molecule has 2 aromatic heterocycles. The Hall–Kier alpha value is -2.74. The number of hydrogen-bond acceptors (Lipinski definition) is 5. The van der Waals surface area contributed by atoms with E-state index in [4.69, 9.17) is 4.74 Å². The molecule has 0 bridgehead atoms. The van der Waals surface area contributed by atoms with Crippen LogP contribution in [0.2, 0.25) is 0 Å². The molecular weight excluding hydrogens is 398 g/mol. The summed E-state index contributed by atoms with van der Waals surface area (Å²) in [5.41, 5.74) is 2.93. The van der Waals surface area contributed by atoms with Gasteiger partial charge in [0.15, 0.2) is 5.82 Å². The second-order valence-corrected chi connectivity index (χ2v) is 6.97. The Bertz CT molecular complexity index is 966. The Morgan fingerprint density at radius 2 is 1.96 bits per heavy atom. The van der Waals surface area contributed by atoms with Gasteiger partial charge in [0, 0.05) is 28.4 Å². The molecule has 0 unspecified atom stereocenters. The average molecular weight is 414 g/mol. The van der Waals surface area contributed by atoms with Crippen molar-refractivity contribution in [2.45, 2.75) is 19.3 Å². The predicted octanol–water partition coefficient (Wildman–Crippen LogP) is 3.22. The van der Waals surface area contributed by atoms with Gasteiger partial charge in [-0.2, -0.15) is 9.78 Å². The fourth-order valence-corrected chi connectivity index (χ4v) is 3.49. The molecule has 0 saturated carbocycles. The molecule has 132 valence electrons. The molecular formula is C18H16BrN5O2. The Morgan fingerprint density at radius 3 is 2.62 bits per heavy atom. The number of hydrogen-bond donors (Lipinski definition) is 1. The van der Waals surface area contributed by atoms with E-state index in [1.54, 1.807) is 16.8 Å². The average Bonchev–Trinajstić information content (AvgIpc) is 2.98. The second kappa shape index (κ2) is 6.53. The van der Waals surface area contributed by atoms with Crippen LogP contribution in [0.15, 0.2) is 40.9 Å². The summed E-state index contributed by atoms with van der Waals surface area (Å²) in [5, 5.41) is 15.7. The lowest BCUT2D eigenvalue weighted by Gasteiger charge is -2.24. The molecule has 1 amide bonds. The summed E-state index contributed by atoms with van der Waals surface area (Å²) in [6, 6.07) is 11.5. The highest BCUT2D eigenvalue weighted by atomic mass is 79.9. The van der Waals surface area contributed by atoms with Crippen LogP contribution in [0.1, 0.15) is 29.2 Å². The molecule has 26 heavy (non-hydrogen) atoms. The van der Waals surface area contributed by atoms with Crippen molar-refractivity contribution in [3.63, 3.8) is 0 Å². The molecule has 0 fully saturated rings. The summed E-state index contributed by atoms with van der Waals surface area (Å²) in [7, 11) is 1.53. The summed E-state index contributed by atoms with van der Waals surface area (Å²) in [6.45, 7) is 1.94. The molecule has 7 nitrogen and oxygen atoms in total. The SMILES string of the molecule is COc1ccc(-n2nc(C)c3c2NC(=O)C[C@@H]3c2ccc(Br)cc2)nn1. The number of halogens is 1. The lowest BCUT2D eigenvalue weighted by Crippen LogP contribution is -2.25. The molecule has 4 rings (SSSR count). The molecule has 0 radical (unpaired) electrons. The highest BCUT2D eigenvalue weighted by Crippen LogP contribution is 2.40. The number of aromatic nitrogens is 4. The van der Waals surface area contributed by atoms with Gasteiger partial charge in [0.05, 0.1) is 12.8 Å².